The Kier molecular flexibility index (Phi) is 7.28. The molecule has 0 atom stereocenters. The van der Waals surface area contributed by atoms with Crippen LogP contribution in [-0.2, 0) is 0 Å². The smallest absolute Gasteiger partial charge is 0.256 e. The Balaban J connectivity index is 1.71. The molecular formula is C25H18ClN3O3S2. The number of ether oxygens (including phenoxy) is 1. The number of halogens is 1. The Hall–Kier alpha value is -3.64. The summed E-state index contributed by atoms with van der Waals surface area (Å²) in [5.74, 6) is 0.0638. The van der Waals surface area contributed by atoms with Crippen LogP contribution in [0, 0.1) is 11.3 Å². The van der Waals surface area contributed by atoms with Crippen LogP contribution in [0.5, 0.6) is 11.5 Å². The number of thiophene rings is 1. The summed E-state index contributed by atoms with van der Waals surface area (Å²) in [7, 11) is 0. The van der Waals surface area contributed by atoms with Crippen molar-refractivity contribution < 1.29 is 14.6 Å². The third kappa shape index (κ3) is 5.29. The Morgan fingerprint density at radius 1 is 1.26 bits per heavy atom. The zero-order chi connectivity index (χ0) is 24.1. The minimum Gasteiger partial charge on any atom is -0.504 e. The van der Waals surface area contributed by atoms with Crippen LogP contribution in [0.1, 0.15) is 27.9 Å². The summed E-state index contributed by atoms with van der Waals surface area (Å²) in [6.45, 7) is 2.23. The number of aromatic hydroxyl groups is 1. The van der Waals surface area contributed by atoms with Gasteiger partial charge in [0.05, 0.1) is 17.1 Å². The lowest BCUT2D eigenvalue weighted by Crippen LogP contribution is -2.11. The average molecular weight is 508 g/mol. The van der Waals surface area contributed by atoms with Gasteiger partial charge in [-0.25, -0.2) is 4.98 Å². The first-order valence-corrected chi connectivity index (χ1v) is 12.3. The van der Waals surface area contributed by atoms with Crippen molar-refractivity contribution in [2.45, 2.75) is 6.92 Å². The monoisotopic (exact) mass is 507 g/mol. The molecule has 4 aromatic rings. The quantitative estimate of drug-likeness (QED) is 0.264. The number of phenols is 1. The summed E-state index contributed by atoms with van der Waals surface area (Å²) in [4.78, 5) is 18.4. The van der Waals surface area contributed by atoms with Crippen LogP contribution in [0.4, 0.5) is 5.00 Å². The summed E-state index contributed by atoms with van der Waals surface area (Å²) < 4.78 is 5.43. The molecular weight excluding hydrogens is 490 g/mol. The second-order valence-corrected chi connectivity index (χ2v) is 9.35. The van der Waals surface area contributed by atoms with Gasteiger partial charge < -0.3 is 15.2 Å². The molecule has 6 nitrogen and oxygen atoms in total. The van der Waals surface area contributed by atoms with Crippen LogP contribution in [-0.4, -0.2) is 22.6 Å². The standard InChI is InChI=1S/C25H18ClN3O3S2/c1-2-32-20-13-15(5-10-19(20)30)12-17(14-27)24-28-22(21-4-3-11-33-21)25(34-24)29-23(31)16-6-8-18(26)9-7-16/h3-13,30H,2H2,1H3,(H,29,31)/b17-12+. The summed E-state index contributed by atoms with van der Waals surface area (Å²) in [5, 5.41) is 26.2. The zero-order valence-electron chi connectivity index (χ0n) is 17.9. The lowest BCUT2D eigenvalue weighted by Gasteiger charge is -2.06. The van der Waals surface area contributed by atoms with Gasteiger partial charge in [-0.05, 0) is 66.4 Å². The van der Waals surface area contributed by atoms with Gasteiger partial charge >= 0.3 is 0 Å². The molecule has 1 amide bonds. The van der Waals surface area contributed by atoms with Gasteiger partial charge in [0.15, 0.2) is 11.5 Å². The number of phenolic OH excluding ortho intramolecular Hbond substituents is 1. The van der Waals surface area contributed by atoms with E-state index < -0.39 is 0 Å². The normalized spacial score (nSPS) is 11.1. The molecule has 0 saturated carbocycles. The summed E-state index contributed by atoms with van der Waals surface area (Å²) in [6, 6.07) is 17.5. The zero-order valence-corrected chi connectivity index (χ0v) is 20.3. The van der Waals surface area contributed by atoms with Gasteiger partial charge in [-0.15, -0.1) is 11.3 Å². The second-order valence-electron chi connectivity index (χ2n) is 6.97. The lowest BCUT2D eigenvalue weighted by molar-refractivity contribution is 0.102. The molecule has 4 rings (SSSR count). The fraction of sp³-hybridized carbons (Fsp3) is 0.0800. The molecule has 0 aliphatic rings. The van der Waals surface area contributed by atoms with E-state index in [0.29, 0.717) is 49.8 Å². The molecule has 0 radical (unpaired) electrons. The number of allylic oxidation sites excluding steroid dienone is 1. The average Bonchev–Trinajstić information content (AvgIpc) is 3.50. The topological polar surface area (TPSA) is 95.2 Å². The Labute approximate surface area is 209 Å². The van der Waals surface area contributed by atoms with Crippen molar-refractivity contribution in [2.75, 3.05) is 11.9 Å². The Morgan fingerprint density at radius 2 is 2.06 bits per heavy atom. The molecule has 2 N–H and O–H groups in total. The van der Waals surface area contributed by atoms with E-state index in [-0.39, 0.29) is 11.7 Å². The van der Waals surface area contributed by atoms with Crippen LogP contribution in [0.2, 0.25) is 5.02 Å². The molecule has 0 fully saturated rings. The summed E-state index contributed by atoms with van der Waals surface area (Å²) in [5.41, 5.74) is 2.06. The number of anilines is 1. The van der Waals surface area contributed by atoms with Gasteiger partial charge in [0.25, 0.3) is 5.91 Å². The molecule has 170 valence electrons. The first-order valence-electron chi connectivity index (χ1n) is 10.2. The highest BCUT2D eigenvalue weighted by Crippen LogP contribution is 2.39. The van der Waals surface area contributed by atoms with Crippen LogP contribution in [0.25, 0.3) is 22.2 Å². The number of thiazole rings is 1. The highest BCUT2D eigenvalue weighted by atomic mass is 35.5. The van der Waals surface area contributed by atoms with Crippen molar-refractivity contribution in [1.29, 1.82) is 5.26 Å². The molecule has 0 aliphatic carbocycles. The third-order valence-corrected chi connectivity index (χ3v) is 6.79. The predicted molar refractivity (Wildman–Crippen MR) is 138 cm³/mol. The van der Waals surface area contributed by atoms with Crippen molar-refractivity contribution in [3.05, 3.63) is 81.1 Å². The molecule has 0 spiro atoms. The molecule has 2 aromatic heterocycles. The number of nitrogens with zero attached hydrogens (tertiary/aromatic N) is 2. The van der Waals surface area contributed by atoms with E-state index in [1.807, 2.05) is 24.4 Å². The second kappa shape index (κ2) is 10.5. The van der Waals surface area contributed by atoms with Gasteiger partial charge in [0, 0.05) is 10.6 Å². The molecule has 34 heavy (non-hydrogen) atoms. The molecule has 2 aromatic carbocycles. The van der Waals surface area contributed by atoms with Gasteiger partial charge in [0.1, 0.15) is 21.8 Å². The Morgan fingerprint density at radius 3 is 2.74 bits per heavy atom. The maximum atomic E-state index is 12.8. The SMILES string of the molecule is CCOc1cc(/C=C(\C#N)c2nc(-c3cccs3)c(NC(=O)c3ccc(Cl)cc3)s2)ccc1O. The highest BCUT2D eigenvalue weighted by molar-refractivity contribution is 7.19. The van der Waals surface area contributed by atoms with E-state index >= 15 is 0 Å². The number of aromatic nitrogens is 1. The van der Waals surface area contributed by atoms with Crippen molar-refractivity contribution in [3.8, 4) is 28.1 Å². The maximum Gasteiger partial charge on any atom is 0.256 e. The fourth-order valence-corrected chi connectivity index (χ4v) is 4.93. The number of benzene rings is 2. The number of rotatable bonds is 7. The Bertz CT molecular complexity index is 1390. The highest BCUT2D eigenvalue weighted by Gasteiger charge is 2.19. The number of hydrogen-bond donors (Lipinski definition) is 2. The van der Waals surface area contributed by atoms with E-state index in [2.05, 4.69) is 16.4 Å². The van der Waals surface area contributed by atoms with E-state index in [4.69, 9.17) is 16.3 Å². The first kappa shape index (κ1) is 23.5. The number of carbonyl (C=O) groups excluding carboxylic acids is 1. The predicted octanol–water partition coefficient (Wildman–Crippen LogP) is 6.95. The third-order valence-electron chi connectivity index (χ3n) is 4.66. The minimum absolute atomic E-state index is 0.0268. The van der Waals surface area contributed by atoms with E-state index in [0.717, 1.165) is 4.88 Å². The van der Waals surface area contributed by atoms with Crippen LogP contribution in [0.3, 0.4) is 0 Å². The summed E-state index contributed by atoms with van der Waals surface area (Å²) >= 11 is 8.64. The van der Waals surface area contributed by atoms with Crippen LogP contribution >= 0.6 is 34.3 Å². The van der Waals surface area contributed by atoms with E-state index in [1.54, 1.807) is 42.5 Å². The van der Waals surface area contributed by atoms with Gasteiger partial charge in [-0.1, -0.05) is 35.1 Å². The summed E-state index contributed by atoms with van der Waals surface area (Å²) in [6.07, 6.45) is 1.67. The van der Waals surface area contributed by atoms with E-state index in [9.17, 15) is 15.2 Å². The van der Waals surface area contributed by atoms with Gasteiger partial charge in [0.2, 0.25) is 0 Å². The van der Waals surface area contributed by atoms with Crippen LogP contribution < -0.4 is 10.1 Å². The van der Waals surface area contributed by atoms with Crippen molar-refractivity contribution in [1.82, 2.24) is 4.98 Å². The lowest BCUT2D eigenvalue weighted by atomic mass is 10.1. The molecule has 0 aliphatic heterocycles. The number of hydrogen-bond acceptors (Lipinski definition) is 7. The van der Waals surface area contributed by atoms with Crippen LogP contribution in [0.15, 0.2) is 60.0 Å². The fourth-order valence-electron chi connectivity index (χ4n) is 3.08. The molecule has 0 unspecified atom stereocenters. The molecule has 0 bridgehead atoms. The molecule has 0 saturated heterocycles. The van der Waals surface area contributed by atoms with Crippen molar-refractivity contribution in [2.24, 2.45) is 0 Å². The number of carbonyl (C=O) groups is 1. The van der Waals surface area contributed by atoms with Crippen molar-refractivity contribution >= 4 is 56.8 Å². The largest absolute Gasteiger partial charge is 0.504 e. The molecule has 2 heterocycles. The number of amides is 1. The van der Waals surface area contributed by atoms with E-state index in [1.165, 1.54) is 28.7 Å². The van der Waals surface area contributed by atoms with Crippen molar-refractivity contribution in [3.63, 3.8) is 0 Å². The first-order chi connectivity index (χ1) is 16.5. The molecule has 9 heteroatoms. The number of nitrogens with one attached hydrogen (secondary N) is 1. The minimum atomic E-state index is -0.299. The van der Waals surface area contributed by atoms with Gasteiger partial charge in [-0.3, -0.25) is 4.79 Å². The van der Waals surface area contributed by atoms with Gasteiger partial charge in [-0.2, -0.15) is 5.26 Å². The maximum absolute atomic E-state index is 12.8. The number of nitriles is 1.